The molecule has 2 rings (SSSR count). The minimum atomic E-state index is 0.0709. The van der Waals surface area contributed by atoms with Crippen LogP contribution in [0.5, 0.6) is 5.75 Å². The number of rotatable bonds is 11. The molecule has 0 aliphatic carbocycles. The highest BCUT2D eigenvalue weighted by Gasteiger charge is 2.42. The molecule has 1 heterocycles. The van der Waals surface area contributed by atoms with Crippen molar-refractivity contribution in [2.75, 3.05) is 13.2 Å². The van der Waals surface area contributed by atoms with E-state index in [0.29, 0.717) is 5.41 Å². The molecular weight excluding hydrogens is 346 g/mol. The Hall–Kier alpha value is -1.06. The van der Waals surface area contributed by atoms with Crippen LogP contribution in [0.25, 0.3) is 0 Å². The van der Waals surface area contributed by atoms with Crippen LogP contribution < -0.4 is 10.1 Å². The van der Waals surface area contributed by atoms with Gasteiger partial charge in [-0.15, -0.1) is 0 Å². The molecule has 0 saturated carbocycles. The van der Waals surface area contributed by atoms with E-state index in [1.54, 1.807) is 0 Å². The van der Waals surface area contributed by atoms with Gasteiger partial charge in [0.2, 0.25) is 0 Å². The quantitative estimate of drug-likeness (QED) is 0.518. The third-order valence-electron chi connectivity index (χ3n) is 6.39. The van der Waals surface area contributed by atoms with Gasteiger partial charge in [-0.2, -0.15) is 0 Å². The molecule has 160 valence electrons. The van der Waals surface area contributed by atoms with Crippen molar-refractivity contribution in [3.63, 3.8) is 0 Å². The highest BCUT2D eigenvalue weighted by atomic mass is 16.5. The molecule has 0 radical (unpaired) electrons. The highest BCUT2D eigenvalue weighted by molar-refractivity contribution is 5.26. The Bertz CT molecular complexity index is 568. The maximum atomic E-state index is 6.17. The zero-order chi connectivity index (χ0) is 20.6. The normalized spacial score (nSPS) is 25.4. The summed E-state index contributed by atoms with van der Waals surface area (Å²) in [5.74, 6) is 1.75. The van der Waals surface area contributed by atoms with E-state index in [1.807, 2.05) is 0 Å². The van der Waals surface area contributed by atoms with Crippen molar-refractivity contribution in [2.45, 2.75) is 98.3 Å². The van der Waals surface area contributed by atoms with Crippen molar-refractivity contribution < 1.29 is 14.8 Å². The third kappa shape index (κ3) is 7.40. The van der Waals surface area contributed by atoms with E-state index >= 15 is 0 Å². The molecule has 1 saturated heterocycles. The standard InChI is InChI=1S/C25H43NO2/c1-7-24(6)19-25(15-17-27-24,13-12-20(2)3)14-16-26-18-22-8-10-23(11-9-22)28-21(4)5/h8-11,20-21,26H,7,12-19H2,1-6H3/p+1/t24-,25+/m0/s1. The number of quaternary nitrogens is 1. The molecule has 0 unspecified atom stereocenters. The van der Waals surface area contributed by atoms with Crippen molar-refractivity contribution in [3.05, 3.63) is 29.8 Å². The van der Waals surface area contributed by atoms with Gasteiger partial charge in [-0.1, -0.05) is 27.2 Å². The minimum Gasteiger partial charge on any atom is -0.491 e. The molecule has 3 heteroatoms. The summed E-state index contributed by atoms with van der Waals surface area (Å²) < 4.78 is 11.9. The first kappa shape index (κ1) is 23.2. The van der Waals surface area contributed by atoms with Crippen molar-refractivity contribution in [1.29, 1.82) is 0 Å². The van der Waals surface area contributed by atoms with E-state index in [2.05, 4.69) is 71.1 Å². The van der Waals surface area contributed by atoms with Crippen LogP contribution in [-0.2, 0) is 11.3 Å². The van der Waals surface area contributed by atoms with E-state index < -0.39 is 0 Å². The lowest BCUT2D eigenvalue weighted by Crippen LogP contribution is -2.83. The number of nitrogens with two attached hydrogens (primary N) is 1. The molecular formula is C25H44NO2+. The summed E-state index contributed by atoms with van der Waals surface area (Å²) in [6, 6.07) is 8.59. The van der Waals surface area contributed by atoms with E-state index in [4.69, 9.17) is 9.47 Å². The number of benzene rings is 1. The first-order valence-electron chi connectivity index (χ1n) is 11.5. The number of ether oxygens (including phenoxy) is 2. The Morgan fingerprint density at radius 1 is 1.11 bits per heavy atom. The Morgan fingerprint density at radius 2 is 1.82 bits per heavy atom. The molecule has 3 nitrogen and oxygen atoms in total. The van der Waals surface area contributed by atoms with Gasteiger partial charge in [-0.05, 0) is 82.1 Å². The number of hydrogen-bond acceptors (Lipinski definition) is 2. The van der Waals surface area contributed by atoms with Crippen LogP contribution in [0.1, 0.15) is 85.6 Å². The molecule has 1 aliphatic rings. The molecule has 0 aromatic heterocycles. The van der Waals surface area contributed by atoms with Crippen molar-refractivity contribution in [2.24, 2.45) is 11.3 Å². The second-order valence-corrected chi connectivity index (χ2v) is 9.85. The summed E-state index contributed by atoms with van der Waals surface area (Å²) in [6.45, 7) is 16.6. The Kier molecular flexibility index (Phi) is 8.82. The second kappa shape index (κ2) is 10.6. The van der Waals surface area contributed by atoms with Crippen LogP contribution in [0.2, 0.25) is 0 Å². The van der Waals surface area contributed by atoms with Gasteiger partial charge in [0.25, 0.3) is 0 Å². The third-order valence-corrected chi connectivity index (χ3v) is 6.39. The average Bonchev–Trinajstić information content (AvgIpc) is 2.65. The summed E-state index contributed by atoms with van der Waals surface area (Å²) in [5.41, 5.74) is 1.90. The van der Waals surface area contributed by atoms with E-state index in [0.717, 1.165) is 31.2 Å². The average molecular weight is 391 g/mol. The summed E-state index contributed by atoms with van der Waals surface area (Å²) in [5, 5.41) is 2.48. The van der Waals surface area contributed by atoms with Crippen LogP contribution >= 0.6 is 0 Å². The Labute approximate surface area is 173 Å². The minimum absolute atomic E-state index is 0.0709. The van der Waals surface area contributed by atoms with Gasteiger partial charge < -0.3 is 14.8 Å². The smallest absolute Gasteiger partial charge is 0.119 e. The highest BCUT2D eigenvalue weighted by Crippen LogP contribution is 2.46. The largest absolute Gasteiger partial charge is 0.491 e. The molecule has 1 fully saturated rings. The summed E-state index contributed by atoms with van der Waals surface area (Å²) in [6.07, 6.45) is 7.77. The zero-order valence-corrected chi connectivity index (χ0v) is 19.2. The maximum Gasteiger partial charge on any atom is 0.119 e. The fraction of sp³-hybridized carbons (Fsp3) is 0.760. The molecule has 28 heavy (non-hydrogen) atoms. The maximum absolute atomic E-state index is 6.17. The van der Waals surface area contributed by atoms with Gasteiger partial charge in [0.1, 0.15) is 12.3 Å². The topological polar surface area (TPSA) is 35.1 Å². The molecule has 0 spiro atoms. The van der Waals surface area contributed by atoms with Crippen LogP contribution in [0.3, 0.4) is 0 Å². The Balaban J connectivity index is 1.87. The van der Waals surface area contributed by atoms with Crippen LogP contribution in [0.15, 0.2) is 24.3 Å². The lowest BCUT2D eigenvalue weighted by atomic mass is 9.67. The van der Waals surface area contributed by atoms with E-state index in [1.165, 1.54) is 44.2 Å². The van der Waals surface area contributed by atoms with Gasteiger partial charge in [0.15, 0.2) is 0 Å². The van der Waals surface area contributed by atoms with Gasteiger partial charge >= 0.3 is 0 Å². The fourth-order valence-corrected chi connectivity index (χ4v) is 4.47. The van der Waals surface area contributed by atoms with Crippen LogP contribution in [0.4, 0.5) is 0 Å². The van der Waals surface area contributed by atoms with E-state index in [9.17, 15) is 0 Å². The van der Waals surface area contributed by atoms with Gasteiger partial charge in [0, 0.05) is 18.6 Å². The van der Waals surface area contributed by atoms with Crippen LogP contribution in [0, 0.1) is 11.3 Å². The summed E-state index contributed by atoms with van der Waals surface area (Å²) in [7, 11) is 0. The molecule has 0 amide bonds. The molecule has 1 aromatic carbocycles. The van der Waals surface area contributed by atoms with Gasteiger partial charge in [-0.25, -0.2) is 0 Å². The van der Waals surface area contributed by atoms with Crippen molar-refractivity contribution in [3.8, 4) is 5.75 Å². The molecule has 1 aromatic rings. The summed E-state index contributed by atoms with van der Waals surface area (Å²) >= 11 is 0. The first-order valence-corrected chi connectivity index (χ1v) is 11.5. The fourth-order valence-electron chi connectivity index (χ4n) is 4.47. The van der Waals surface area contributed by atoms with Crippen LogP contribution in [-0.4, -0.2) is 24.9 Å². The molecule has 1 aliphatic heterocycles. The SMILES string of the molecule is CC[C@@]1(C)C[C@@](CC[NH2+]Cc2ccc(OC(C)C)cc2)(CCC(C)C)CCO1. The molecule has 0 bridgehead atoms. The van der Waals surface area contributed by atoms with Crippen molar-refractivity contribution in [1.82, 2.24) is 0 Å². The van der Waals surface area contributed by atoms with Gasteiger partial charge in [-0.3, -0.25) is 0 Å². The lowest BCUT2D eigenvalue weighted by molar-refractivity contribution is -0.672. The molecule has 2 atom stereocenters. The first-order chi connectivity index (χ1) is 13.3. The predicted octanol–water partition coefficient (Wildman–Crippen LogP) is 5.33. The summed E-state index contributed by atoms with van der Waals surface area (Å²) in [4.78, 5) is 0. The van der Waals surface area contributed by atoms with E-state index in [-0.39, 0.29) is 11.7 Å². The zero-order valence-electron chi connectivity index (χ0n) is 19.2. The van der Waals surface area contributed by atoms with Gasteiger partial charge in [0.05, 0.1) is 18.2 Å². The van der Waals surface area contributed by atoms with Crippen molar-refractivity contribution >= 4 is 0 Å². The number of hydrogen-bond donors (Lipinski definition) is 1. The second-order valence-electron chi connectivity index (χ2n) is 9.85. The predicted molar refractivity (Wildman–Crippen MR) is 118 cm³/mol. The lowest BCUT2D eigenvalue weighted by Gasteiger charge is -2.46. The molecule has 2 N–H and O–H groups in total. The monoisotopic (exact) mass is 390 g/mol. The Morgan fingerprint density at radius 3 is 2.43 bits per heavy atom.